The molecule has 146 valence electrons. The molecule has 0 radical (unpaired) electrons. The molecule has 0 amide bonds. The third-order valence-electron chi connectivity index (χ3n) is 5.83. The molecule has 0 bridgehead atoms. The van der Waals surface area contributed by atoms with Crippen LogP contribution in [0.15, 0.2) is 36.4 Å². The molecule has 0 heterocycles. The first-order valence-electron chi connectivity index (χ1n) is 9.38. The van der Waals surface area contributed by atoms with E-state index in [1.54, 1.807) is 19.1 Å². The Morgan fingerprint density at radius 1 is 0.679 bits per heavy atom. The Morgan fingerprint density at radius 3 is 1.93 bits per heavy atom. The van der Waals surface area contributed by atoms with E-state index < -0.39 is 29.1 Å². The van der Waals surface area contributed by atoms with Gasteiger partial charge in [-0.3, -0.25) is 0 Å². The molecule has 0 aliphatic heterocycles. The van der Waals surface area contributed by atoms with Gasteiger partial charge in [0.25, 0.3) is 0 Å². The number of hydrogen-bond acceptors (Lipinski definition) is 0. The molecule has 1 saturated carbocycles. The van der Waals surface area contributed by atoms with Crippen LogP contribution in [-0.2, 0) is 0 Å². The lowest BCUT2D eigenvalue weighted by molar-refractivity contribution is 0.376. The van der Waals surface area contributed by atoms with E-state index in [9.17, 15) is 22.0 Å². The van der Waals surface area contributed by atoms with Crippen LogP contribution < -0.4 is 0 Å². The monoisotopic (exact) mass is 390 g/mol. The highest BCUT2D eigenvalue weighted by Crippen LogP contribution is 2.42. The molecular weight excluding hydrogens is 371 g/mol. The fourth-order valence-corrected chi connectivity index (χ4v) is 4.39. The molecular formula is C23H19F5. The second kappa shape index (κ2) is 7.19. The van der Waals surface area contributed by atoms with Crippen molar-refractivity contribution in [3.63, 3.8) is 0 Å². The van der Waals surface area contributed by atoms with Crippen LogP contribution in [0.1, 0.15) is 54.2 Å². The molecule has 0 spiro atoms. The van der Waals surface area contributed by atoms with Crippen molar-refractivity contribution in [3.8, 4) is 0 Å². The third kappa shape index (κ3) is 3.27. The first-order valence-corrected chi connectivity index (χ1v) is 9.38. The van der Waals surface area contributed by atoms with Crippen molar-refractivity contribution < 1.29 is 22.0 Å². The number of halogens is 5. The van der Waals surface area contributed by atoms with E-state index in [1.165, 1.54) is 18.2 Å². The third-order valence-corrected chi connectivity index (χ3v) is 5.83. The van der Waals surface area contributed by atoms with Gasteiger partial charge in [-0.05, 0) is 79.2 Å². The first-order chi connectivity index (χ1) is 13.3. The standard InChI is InChI=1S/C23H19F5/c1-12-8-18(24)21(19(25)9-12)14-4-2-13(3-5-14)15-6-7-17-16(10-15)11-20(26)23(28)22(17)27/h6-11,13-14H,2-5H2,1H3. The lowest BCUT2D eigenvalue weighted by Crippen LogP contribution is -2.15. The molecule has 0 aromatic heterocycles. The number of rotatable bonds is 2. The summed E-state index contributed by atoms with van der Waals surface area (Å²) in [7, 11) is 0. The largest absolute Gasteiger partial charge is 0.207 e. The summed E-state index contributed by atoms with van der Waals surface area (Å²) in [5.74, 6) is -4.91. The maximum absolute atomic E-state index is 14.3. The van der Waals surface area contributed by atoms with Crippen LogP contribution >= 0.6 is 0 Å². The smallest absolute Gasteiger partial charge is 0.195 e. The molecule has 1 aliphatic rings. The van der Waals surface area contributed by atoms with Gasteiger partial charge in [-0.25, -0.2) is 22.0 Å². The lowest BCUT2D eigenvalue weighted by Gasteiger charge is -2.29. The summed E-state index contributed by atoms with van der Waals surface area (Å²) >= 11 is 0. The normalized spacial score (nSPS) is 19.9. The zero-order valence-corrected chi connectivity index (χ0v) is 15.3. The first kappa shape index (κ1) is 18.9. The van der Waals surface area contributed by atoms with Crippen LogP contribution in [-0.4, -0.2) is 0 Å². The maximum atomic E-state index is 14.3. The minimum Gasteiger partial charge on any atom is -0.207 e. The van der Waals surface area contributed by atoms with Gasteiger partial charge in [0.2, 0.25) is 0 Å². The minimum atomic E-state index is -1.47. The van der Waals surface area contributed by atoms with Crippen molar-refractivity contribution in [2.24, 2.45) is 0 Å². The Bertz CT molecular complexity index is 1030. The van der Waals surface area contributed by atoms with Crippen LogP contribution in [0.2, 0.25) is 0 Å². The lowest BCUT2D eigenvalue weighted by atomic mass is 9.75. The molecule has 0 unspecified atom stereocenters. The summed E-state index contributed by atoms with van der Waals surface area (Å²) < 4.78 is 69.3. The average molecular weight is 390 g/mol. The van der Waals surface area contributed by atoms with Crippen LogP contribution in [0.3, 0.4) is 0 Å². The number of aryl methyl sites for hydroxylation is 1. The Hall–Kier alpha value is -2.43. The second-order valence-electron chi connectivity index (χ2n) is 7.66. The zero-order chi connectivity index (χ0) is 20.0. The van der Waals surface area contributed by atoms with E-state index in [2.05, 4.69) is 0 Å². The van der Waals surface area contributed by atoms with Crippen molar-refractivity contribution in [2.45, 2.75) is 44.4 Å². The molecule has 0 saturated heterocycles. The molecule has 5 heteroatoms. The fourth-order valence-electron chi connectivity index (χ4n) is 4.39. The highest BCUT2D eigenvalue weighted by atomic mass is 19.2. The second-order valence-corrected chi connectivity index (χ2v) is 7.66. The molecule has 1 aliphatic carbocycles. The summed E-state index contributed by atoms with van der Waals surface area (Å²) in [5, 5.41) is 0.354. The van der Waals surface area contributed by atoms with Gasteiger partial charge in [0.05, 0.1) is 0 Å². The highest BCUT2D eigenvalue weighted by molar-refractivity contribution is 5.84. The number of fused-ring (bicyclic) bond motifs is 1. The summed E-state index contributed by atoms with van der Waals surface area (Å²) in [5.41, 5.74) is 1.61. The van der Waals surface area contributed by atoms with E-state index in [1.807, 2.05) is 0 Å². The summed E-state index contributed by atoms with van der Waals surface area (Å²) in [4.78, 5) is 0. The summed E-state index contributed by atoms with van der Waals surface area (Å²) in [6.45, 7) is 1.66. The predicted molar refractivity (Wildman–Crippen MR) is 98.9 cm³/mol. The Labute approximate surface area is 160 Å². The Balaban J connectivity index is 1.56. The van der Waals surface area contributed by atoms with Crippen molar-refractivity contribution in [2.75, 3.05) is 0 Å². The van der Waals surface area contributed by atoms with Gasteiger partial charge in [-0.15, -0.1) is 0 Å². The van der Waals surface area contributed by atoms with Crippen LogP contribution in [0, 0.1) is 36.0 Å². The minimum absolute atomic E-state index is 0.0418. The molecule has 4 rings (SSSR count). The molecule has 0 atom stereocenters. The van der Waals surface area contributed by atoms with Crippen LogP contribution in [0.4, 0.5) is 22.0 Å². The van der Waals surface area contributed by atoms with Crippen molar-refractivity contribution >= 4 is 10.8 Å². The summed E-state index contributed by atoms with van der Waals surface area (Å²) in [6.07, 6.45) is 2.70. The van der Waals surface area contributed by atoms with E-state index in [-0.39, 0.29) is 22.8 Å². The van der Waals surface area contributed by atoms with Gasteiger partial charge < -0.3 is 0 Å². The van der Waals surface area contributed by atoms with E-state index >= 15 is 0 Å². The van der Waals surface area contributed by atoms with Crippen LogP contribution in [0.5, 0.6) is 0 Å². The van der Waals surface area contributed by atoms with E-state index in [4.69, 9.17) is 0 Å². The molecule has 3 aromatic carbocycles. The van der Waals surface area contributed by atoms with Crippen molar-refractivity contribution in [1.29, 1.82) is 0 Å². The van der Waals surface area contributed by atoms with Crippen molar-refractivity contribution in [3.05, 3.63) is 82.2 Å². The zero-order valence-electron chi connectivity index (χ0n) is 15.3. The average Bonchev–Trinajstić information content (AvgIpc) is 2.65. The molecule has 0 N–H and O–H groups in total. The quantitative estimate of drug-likeness (QED) is 0.318. The molecule has 28 heavy (non-hydrogen) atoms. The van der Waals surface area contributed by atoms with Crippen LogP contribution in [0.25, 0.3) is 10.8 Å². The number of hydrogen-bond donors (Lipinski definition) is 0. The maximum Gasteiger partial charge on any atom is 0.195 e. The highest BCUT2D eigenvalue weighted by Gasteiger charge is 2.28. The predicted octanol–water partition coefficient (Wildman–Crippen LogP) is 7.29. The topological polar surface area (TPSA) is 0 Å². The number of benzene rings is 3. The Morgan fingerprint density at radius 2 is 1.29 bits per heavy atom. The molecule has 0 nitrogen and oxygen atoms in total. The van der Waals surface area contributed by atoms with Gasteiger partial charge in [0.1, 0.15) is 11.6 Å². The molecule has 1 fully saturated rings. The molecule has 3 aromatic rings. The van der Waals surface area contributed by atoms with Gasteiger partial charge in [0.15, 0.2) is 17.5 Å². The summed E-state index contributed by atoms with van der Waals surface area (Å²) in [6, 6.07) is 8.58. The van der Waals surface area contributed by atoms with Crippen molar-refractivity contribution in [1.82, 2.24) is 0 Å². The van der Waals surface area contributed by atoms with E-state index in [0.29, 0.717) is 23.8 Å². The Kier molecular flexibility index (Phi) is 4.86. The fraction of sp³-hybridized carbons (Fsp3) is 0.304. The van der Waals surface area contributed by atoms with Gasteiger partial charge >= 0.3 is 0 Å². The van der Waals surface area contributed by atoms with Gasteiger partial charge in [0, 0.05) is 10.9 Å². The SMILES string of the molecule is Cc1cc(F)c(C2CCC(c3ccc4c(F)c(F)c(F)cc4c3)CC2)c(F)c1. The van der Waals surface area contributed by atoms with Gasteiger partial charge in [-0.2, -0.15) is 0 Å². The van der Waals surface area contributed by atoms with E-state index in [0.717, 1.165) is 24.5 Å². The van der Waals surface area contributed by atoms with Gasteiger partial charge in [-0.1, -0.05) is 18.2 Å².